The maximum absolute atomic E-state index is 12.8. The average Bonchev–Trinajstić information content (AvgIpc) is 3.24. The molecule has 1 atom stereocenters. The molecule has 152 valence electrons. The molecule has 2 N–H and O–H groups in total. The van der Waals surface area contributed by atoms with Crippen molar-refractivity contribution in [1.29, 1.82) is 0 Å². The third kappa shape index (κ3) is 4.21. The monoisotopic (exact) mass is 397 g/mol. The van der Waals surface area contributed by atoms with Gasteiger partial charge in [0.25, 0.3) is 0 Å². The second-order valence-corrected chi connectivity index (χ2v) is 6.86. The molecule has 2 aliphatic heterocycles. The van der Waals surface area contributed by atoms with Crippen LogP contribution in [0.4, 0.5) is 16.2 Å². The lowest BCUT2D eigenvalue weighted by molar-refractivity contribution is -0.119. The Morgan fingerprint density at radius 2 is 1.72 bits per heavy atom. The van der Waals surface area contributed by atoms with Crippen LogP contribution in [-0.4, -0.2) is 49.7 Å². The normalized spacial score (nSPS) is 17.6. The van der Waals surface area contributed by atoms with Crippen molar-refractivity contribution >= 4 is 23.3 Å². The van der Waals surface area contributed by atoms with E-state index in [9.17, 15) is 9.59 Å². The number of methoxy groups -OCH3 is 1. The summed E-state index contributed by atoms with van der Waals surface area (Å²) in [5.41, 5.74) is 1.26. The minimum Gasteiger partial charge on any atom is -0.497 e. The van der Waals surface area contributed by atoms with Crippen molar-refractivity contribution in [3.8, 4) is 17.2 Å². The fraction of sp³-hybridized carbons (Fsp3) is 0.333. The van der Waals surface area contributed by atoms with Crippen molar-refractivity contribution in [3.05, 3.63) is 42.5 Å². The molecule has 2 aromatic rings. The van der Waals surface area contributed by atoms with E-state index in [0.717, 1.165) is 6.42 Å². The molecule has 0 aliphatic carbocycles. The van der Waals surface area contributed by atoms with Crippen LogP contribution in [0.15, 0.2) is 42.5 Å². The zero-order valence-corrected chi connectivity index (χ0v) is 16.1. The fourth-order valence-corrected chi connectivity index (χ4v) is 3.50. The number of carbonyl (C=O) groups excluding carboxylic acids is 2. The Morgan fingerprint density at radius 1 is 1.00 bits per heavy atom. The lowest BCUT2D eigenvalue weighted by Gasteiger charge is -2.25. The predicted octanol–water partition coefficient (Wildman–Crippen LogP) is 3.10. The van der Waals surface area contributed by atoms with Crippen molar-refractivity contribution < 1.29 is 23.8 Å². The molecule has 0 saturated carbocycles. The summed E-state index contributed by atoms with van der Waals surface area (Å²) in [5, 5.41) is 5.72. The van der Waals surface area contributed by atoms with E-state index in [4.69, 9.17) is 14.2 Å². The molecule has 0 aromatic heterocycles. The van der Waals surface area contributed by atoms with Crippen molar-refractivity contribution in [2.75, 3.05) is 37.5 Å². The summed E-state index contributed by atoms with van der Waals surface area (Å²) in [4.78, 5) is 27.1. The molecule has 0 radical (unpaired) electrons. The number of likely N-dealkylation sites (tertiary alicyclic amines) is 1. The highest BCUT2D eigenvalue weighted by Gasteiger charge is 2.34. The largest absolute Gasteiger partial charge is 0.497 e. The number of nitrogens with zero attached hydrogens (tertiary/aromatic N) is 1. The van der Waals surface area contributed by atoms with Crippen LogP contribution in [0.5, 0.6) is 17.2 Å². The number of urea groups is 1. The summed E-state index contributed by atoms with van der Waals surface area (Å²) in [7, 11) is 1.59. The summed E-state index contributed by atoms with van der Waals surface area (Å²) in [6, 6.07) is 11.5. The number of anilines is 2. The Labute approximate surface area is 168 Å². The first kappa shape index (κ1) is 18.9. The number of hydrogen-bond donors (Lipinski definition) is 2. The van der Waals surface area contributed by atoms with Crippen molar-refractivity contribution in [1.82, 2.24) is 4.90 Å². The van der Waals surface area contributed by atoms with Gasteiger partial charge < -0.3 is 29.7 Å². The quantitative estimate of drug-likeness (QED) is 0.828. The van der Waals surface area contributed by atoms with Gasteiger partial charge in [0.2, 0.25) is 5.91 Å². The van der Waals surface area contributed by atoms with Gasteiger partial charge in [0.15, 0.2) is 11.5 Å². The molecular formula is C21H23N3O5. The standard InChI is InChI=1S/C21H23N3O5/c1-27-16-7-4-14(5-8-16)23-21(26)24-10-2-3-17(24)20(25)22-15-6-9-18-19(13-15)29-12-11-28-18/h4-9,13,17H,2-3,10-12H2,1H3,(H,22,25)(H,23,26). The van der Waals surface area contributed by atoms with Crippen LogP contribution in [-0.2, 0) is 4.79 Å². The molecule has 8 heteroatoms. The highest BCUT2D eigenvalue weighted by atomic mass is 16.6. The van der Waals surface area contributed by atoms with Crippen molar-refractivity contribution in [2.45, 2.75) is 18.9 Å². The van der Waals surface area contributed by atoms with E-state index >= 15 is 0 Å². The van der Waals surface area contributed by atoms with E-state index in [1.165, 1.54) is 0 Å². The van der Waals surface area contributed by atoms with Gasteiger partial charge in [-0.3, -0.25) is 4.79 Å². The van der Waals surface area contributed by atoms with E-state index in [-0.39, 0.29) is 11.9 Å². The number of ether oxygens (including phenoxy) is 3. The van der Waals surface area contributed by atoms with Crippen LogP contribution in [0.3, 0.4) is 0 Å². The Kier molecular flexibility index (Phi) is 5.41. The van der Waals surface area contributed by atoms with E-state index in [1.54, 1.807) is 54.5 Å². The SMILES string of the molecule is COc1ccc(NC(=O)N2CCCC2C(=O)Nc2ccc3c(c2)OCCO3)cc1. The third-order valence-electron chi connectivity index (χ3n) is 4.97. The zero-order valence-electron chi connectivity index (χ0n) is 16.1. The van der Waals surface area contributed by atoms with E-state index in [1.807, 2.05) is 0 Å². The number of fused-ring (bicyclic) bond motifs is 1. The van der Waals surface area contributed by atoms with Gasteiger partial charge in [0.05, 0.1) is 7.11 Å². The number of benzene rings is 2. The highest BCUT2D eigenvalue weighted by Crippen LogP contribution is 2.33. The highest BCUT2D eigenvalue weighted by molar-refractivity contribution is 5.99. The van der Waals surface area contributed by atoms with Gasteiger partial charge in [0, 0.05) is 24.0 Å². The molecule has 1 saturated heterocycles. The van der Waals surface area contributed by atoms with Gasteiger partial charge in [-0.05, 0) is 49.2 Å². The van der Waals surface area contributed by atoms with Gasteiger partial charge in [-0.2, -0.15) is 0 Å². The van der Waals surface area contributed by atoms with Crippen LogP contribution in [0, 0.1) is 0 Å². The van der Waals surface area contributed by atoms with Crippen LogP contribution in [0.25, 0.3) is 0 Å². The van der Waals surface area contributed by atoms with Gasteiger partial charge in [-0.15, -0.1) is 0 Å². The topological polar surface area (TPSA) is 89.1 Å². The lowest BCUT2D eigenvalue weighted by atomic mass is 10.2. The smallest absolute Gasteiger partial charge is 0.322 e. The predicted molar refractivity (Wildman–Crippen MR) is 108 cm³/mol. The molecule has 2 aliphatic rings. The number of amides is 3. The number of hydrogen-bond acceptors (Lipinski definition) is 5. The Bertz CT molecular complexity index is 900. The van der Waals surface area contributed by atoms with Gasteiger partial charge >= 0.3 is 6.03 Å². The Morgan fingerprint density at radius 3 is 2.48 bits per heavy atom. The fourth-order valence-electron chi connectivity index (χ4n) is 3.50. The summed E-state index contributed by atoms with van der Waals surface area (Å²) < 4.78 is 16.2. The molecule has 4 rings (SSSR count). The first-order chi connectivity index (χ1) is 14.1. The maximum atomic E-state index is 12.8. The van der Waals surface area contributed by atoms with Crippen molar-refractivity contribution in [3.63, 3.8) is 0 Å². The van der Waals surface area contributed by atoms with Crippen molar-refractivity contribution in [2.24, 2.45) is 0 Å². The van der Waals surface area contributed by atoms with E-state index in [2.05, 4.69) is 10.6 Å². The maximum Gasteiger partial charge on any atom is 0.322 e. The summed E-state index contributed by atoms with van der Waals surface area (Å²) >= 11 is 0. The number of nitrogens with one attached hydrogen (secondary N) is 2. The second-order valence-electron chi connectivity index (χ2n) is 6.86. The summed E-state index contributed by atoms with van der Waals surface area (Å²) in [5.74, 6) is 1.76. The Balaban J connectivity index is 1.40. The molecule has 2 aromatic carbocycles. The lowest BCUT2D eigenvalue weighted by Crippen LogP contribution is -2.45. The molecular weight excluding hydrogens is 374 g/mol. The summed E-state index contributed by atoms with van der Waals surface area (Å²) in [6.45, 7) is 1.52. The van der Waals surface area contributed by atoms with Crippen LogP contribution >= 0.6 is 0 Å². The molecule has 8 nitrogen and oxygen atoms in total. The molecule has 3 amide bonds. The molecule has 1 unspecified atom stereocenters. The summed E-state index contributed by atoms with van der Waals surface area (Å²) in [6.07, 6.45) is 1.39. The number of carbonyl (C=O) groups is 2. The van der Waals surface area contributed by atoms with E-state index in [0.29, 0.717) is 54.8 Å². The molecule has 0 bridgehead atoms. The molecule has 1 fully saturated rings. The van der Waals surface area contributed by atoms with E-state index < -0.39 is 6.04 Å². The number of rotatable bonds is 4. The average molecular weight is 397 g/mol. The first-order valence-electron chi connectivity index (χ1n) is 9.56. The van der Waals surface area contributed by atoms with Gasteiger partial charge in [-0.25, -0.2) is 4.79 Å². The van der Waals surface area contributed by atoms with Crippen LogP contribution < -0.4 is 24.8 Å². The van der Waals surface area contributed by atoms with Gasteiger partial charge in [0.1, 0.15) is 25.0 Å². The van der Waals surface area contributed by atoms with Crippen LogP contribution in [0.2, 0.25) is 0 Å². The molecule has 0 spiro atoms. The first-order valence-corrected chi connectivity index (χ1v) is 9.56. The molecule has 29 heavy (non-hydrogen) atoms. The second kappa shape index (κ2) is 8.30. The Hall–Kier alpha value is -3.42. The molecule has 2 heterocycles. The minimum absolute atomic E-state index is 0.218. The van der Waals surface area contributed by atoms with Gasteiger partial charge in [-0.1, -0.05) is 0 Å². The van der Waals surface area contributed by atoms with Crippen LogP contribution in [0.1, 0.15) is 12.8 Å². The third-order valence-corrected chi connectivity index (χ3v) is 4.97. The zero-order chi connectivity index (χ0) is 20.2. The minimum atomic E-state index is -0.526.